The molecule has 0 aliphatic carbocycles. The summed E-state index contributed by atoms with van der Waals surface area (Å²) < 4.78 is 10.3. The highest BCUT2D eigenvalue weighted by molar-refractivity contribution is 5.67. The van der Waals surface area contributed by atoms with E-state index in [2.05, 4.69) is 4.90 Å². The molecule has 1 rings (SSSR count). The van der Waals surface area contributed by atoms with E-state index < -0.39 is 5.97 Å². The average molecular weight is 281 g/mol. The Morgan fingerprint density at radius 1 is 1.15 bits per heavy atom. The van der Waals surface area contributed by atoms with Gasteiger partial charge in [0.15, 0.2) is 0 Å². The van der Waals surface area contributed by atoms with Gasteiger partial charge in [0.25, 0.3) is 0 Å². The molecule has 1 aromatic carbocycles. The van der Waals surface area contributed by atoms with Gasteiger partial charge in [-0.3, -0.25) is 4.79 Å². The number of hydrogen-bond donors (Lipinski definition) is 1. The molecule has 0 bridgehead atoms. The first-order valence-electron chi connectivity index (χ1n) is 6.82. The largest absolute Gasteiger partial charge is 0.481 e. The molecule has 112 valence electrons. The Hall–Kier alpha value is -1.59. The summed E-state index contributed by atoms with van der Waals surface area (Å²) in [4.78, 5) is 12.8. The van der Waals surface area contributed by atoms with Crippen LogP contribution in [0.4, 0.5) is 5.69 Å². The van der Waals surface area contributed by atoms with Gasteiger partial charge in [0, 0.05) is 32.5 Å². The summed E-state index contributed by atoms with van der Waals surface area (Å²) in [6, 6.07) is 9.85. The van der Waals surface area contributed by atoms with Gasteiger partial charge in [0.1, 0.15) is 0 Å². The third kappa shape index (κ3) is 7.11. The number of ether oxygens (including phenoxy) is 2. The van der Waals surface area contributed by atoms with Gasteiger partial charge in [-0.15, -0.1) is 0 Å². The zero-order valence-electron chi connectivity index (χ0n) is 12.0. The van der Waals surface area contributed by atoms with E-state index in [1.807, 2.05) is 30.3 Å². The molecule has 0 unspecified atom stereocenters. The maximum Gasteiger partial charge on any atom is 0.305 e. The number of anilines is 1. The van der Waals surface area contributed by atoms with Crippen molar-refractivity contribution in [2.45, 2.75) is 12.8 Å². The summed E-state index contributed by atoms with van der Waals surface area (Å²) in [5, 5.41) is 8.81. The number of para-hydroxylation sites is 1. The van der Waals surface area contributed by atoms with Crippen molar-refractivity contribution in [2.75, 3.05) is 44.9 Å². The molecule has 5 nitrogen and oxygen atoms in total. The molecule has 0 fully saturated rings. The summed E-state index contributed by atoms with van der Waals surface area (Å²) >= 11 is 0. The number of hydrogen-bond acceptors (Lipinski definition) is 4. The standard InChI is InChI=1S/C15H23NO4/c1-19-12-13-20-11-5-9-16(10-8-15(17)18)14-6-3-2-4-7-14/h2-4,6-7H,5,8-13H2,1H3,(H,17,18). The van der Waals surface area contributed by atoms with Crippen LogP contribution < -0.4 is 4.90 Å². The van der Waals surface area contributed by atoms with E-state index >= 15 is 0 Å². The highest BCUT2D eigenvalue weighted by atomic mass is 16.5. The van der Waals surface area contributed by atoms with E-state index in [1.54, 1.807) is 7.11 Å². The minimum absolute atomic E-state index is 0.138. The molecular formula is C15H23NO4. The zero-order chi connectivity index (χ0) is 14.6. The fourth-order valence-electron chi connectivity index (χ4n) is 1.84. The number of carbonyl (C=O) groups is 1. The number of nitrogens with zero attached hydrogens (tertiary/aromatic N) is 1. The molecule has 20 heavy (non-hydrogen) atoms. The molecular weight excluding hydrogens is 258 g/mol. The summed E-state index contributed by atoms with van der Waals surface area (Å²) in [5.74, 6) is -0.776. The molecule has 0 radical (unpaired) electrons. The van der Waals surface area contributed by atoms with E-state index in [0.717, 1.165) is 18.7 Å². The Kier molecular flexibility index (Phi) is 8.42. The van der Waals surface area contributed by atoms with E-state index in [4.69, 9.17) is 14.6 Å². The minimum Gasteiger partial charge on any atom is -0.481 e. The molecule has 0 aliphatic rings. The Morgan fingerprint density at radius 2 is 1.90 bits per heavy atom. The van der Waals surface area contributed by atoms with Crippen molar-refractivity contribution in [1.82, 2.24) is 0 Å². The van der Waals surface area contributed by atoms with Crippen LogP contribution in [-0.2, 0) is 14.3 Å². The molecule has 5 heteroatoms. The Morgan fingerprint density at radius 3 is 2.55 bits per heavy atom. The molecule has 0 spiro atoms. The Bertz CT molecular complexity index is 369. The van der Waals surface area contributed by atoms with Crippen molar-refractivity contribution in [1.29, 1.82) is 0 Å². The summed E-state index contributed by atoms with van der Waals surface area (Å²) in [7, 11) is 1.65. The number of benzene rings is 1. The van der Waals surface area contributed by atoms with Gasteiger partial charge < -0.3 is 19.5 Å². The normalized spacial score (nSPS) is 10.4. The first-order valence-corrected chi connectivity index (χ1v) is 6.82. The van der Waals surface area contributed by atoms with E-state index in [0.29, 0.717) is 26.4 Å². The van der Waals surface area contributed by atoms with Crippen molar-refractivity contribution >= 4 is 11.7 Å². The molecule has 1 aromatic rings. The maximum absolute atomic E-state index is 10.7. The van der Waals surface area contributed by atoms with Gasteiger partial charge in [-0.05, 0) is 18.6 Å². The van der Waals surface area contributed by atoms with Gasteiger partial charge >= 0.3 is 5.97 Å². The van der Waals surface area contributed by atoms with Gasteiger partial charge in [-0.25, -0.2) is 0 Å². The van der Waals surface area contributed by atoms with Gasteiger partial charge in [0.2, 0.25) is 0 Å². The van der Waals surface area contributed by atoms with E-state index in [-0.39, 0.29) is 6.42 Å². The number of aliphatic carboxylic acids is 1. The number of carboxylic acid groups (broad SMARTS) is 1. The number of rotatable bonds is 11. The van der Waals surface area contributed by atoms with E-state index in [1.165, 1.54) is 0 Å². The smallest absolute Gasteiger partial charge is 0.305 e. The van der Waals surface area contributed by atoms with E-state index in [9.17, 15) is 4.79 Å². The second-order valence-electron chi connectivity index (χ2n) is 4.43. The van der Waals surface area contributed by atoms with Crippen molar-refractivity contribution in [3.63, 3.8) is 0 Å². The van der Waals surface area contributed by atoms with Crippen LogP contribution in [0.3, 0.4) is 0 Å². The lowest BCUT2D eigenvalue weighted by Crippen LogP contribution is -2.28. The first-order chi connectivity index (χ1) is 9.74. The fraction of sp³-hybridized carbons (Fsp3) is 0.533. The summed E-state index contributed by atoms with van der Waals surface area (Å²) in [5.41, 5.74) is 1.05. The number of methoxy groups -OCH3 is 1. The van der Waals surface area contributed by atoms with Crippen LogP contribution in [0.1, 0.15) is 12.8 Å². The highest BCUT2D eigenvalue weighted by Gasteiger charge is 2.08. The molecule has 1 N–H and O–H groups in total. The lowest BCUT2D eigenvalue weighted by atomic mass is 10.2. The number of carboxylic acids is 1. The summed E-state index contributed by atoms with van der Waals surface area (Å²) in [6.07, 6.45) is 0.998. The molecule has 0 atom stereocenters. The topological polar surface area (TPSA) is 59.0 Å². The van der Waals surface area contributed by atoms with Crippen molar-refractivity contribution in [2.24, 2.45) is 0 Å². The monoisotopic (exact) mass is 281 g/mol. The molecule has 0 heterocycles. The minimum atomic E-state index is -0.776. The van der Waals surface area contributed by atoms with Crippen LogP contribution in [0.5, 0.6) is 0 Å². The fourth-order valence-corrected chi connectivity index (χ4v) is 1.84. The van der Waals surface area contributed by atoms with Gasteiger partial charge in [0.05, 0.1) is 19.6 Å². The van der Waals surface area contributed by atoms with Crippen LogP contribution in [0.25, 0.3) is 0 Å². The molecule has 0 aromatic heterocycles. The van der Waals surface area contributed by atoms with Crippen LogP contribution in [0.15, 0.2) is 30.3 Å². The van der Waals surface area contributed by atoms with Crippen LogP contribution in [0, 0.1) is 0 Å². The second kappa shape index (κ2) is 10.2. The molecule has 0 saturated carbocycles. The van der Waals surface area contributed by atoms with Crippen LogP contribution in [-0.4, -0.2) is 51.1 Å². The Balaban J connectivity index is 2.37. The highest BCUT2D eigenvalue weighted by Crippen LogP contribution is 2.14. The van der Waals surface area contributed by atoms with Crippen molar-refractivity contribution in [3.8, 4) is 0 Å². The van der Waals surface area contributed by atoms with Crippen molar-refractivity contribution in [3.05, 3.63) is 30.3 Å². The average Bonchev–Trinajstić information content (AvgIpc) is 2.46. The van der Waals surface area contributed by atoms with Crippen LogP contribution >= 0.6 is 0 Å². The lowest BCUT2D eigenvalue weighted by molar-refractivity contribution is -0.136. The van der Waals surface area contributed by atoms with Crippen molar-refractivity contribution < 1.29 is 19.4 Å². The SMILES string of the molecule is COCCOCCCN(CCC(=O)O)c1ccccc1. The summed E-state index contributed by atoms with van der Waals surface area (Å²) in [6.45, 7) is 3.14. The zero-order valence-corrected chi connectivity index (χ0v) is 12.0. The van der Waals surface area contributed by atoms with Gasteiger partial charge in [-0.2, -0.15) is 0 Å². The predicted molar refractivity (Wildman–Crippen MR) is 78.2 cm³/mol. The van der Waals surface area contributed by atoms with Crippen LogP contribution in [0.2, 0.25) is 0 Å². The molecule has 0 amide bonds. The third-order valence-electron chi connectivity index (χ3n) is 2.87. The molecule has 0 saturated heterocycles. The third-order valence-corrected chi connectivity index (χ3v) is 2.87. The van der Waals surface area contributed by atoms with Gasteiger partial charge in [-0.1, -0.05) is 18.2 Å². The quantitative estimate of drug-likeness (QED) is 0.629. The second-order valence-corrected chi connectivity index (χ2v) is 4.43. The lowest BCUT2D eigenvalue weighted by Gasteiger charge is -2.24. The first kappa shape index (κ1) is 16.5. The predicted octanol–water partition coefficient (Wildman–Crippen LogP) is 2.02. The molecule has 0 aliphatic heterocycles. The Labute approximate surface area is 120 Å². The maximum atomic E-state index is 10.7.